The predicted octanol–water partition coefficient (Wildman–Crippen LogP) is 2.32. The topological polar surface area (TPSA) is 68.8 Å². The van der Waals surface area contributed by atoms with E-state index in [-0.39, 0.29) is 29.9 Å². The van der Waals surface area contributed by atoms with Crippen LogP contribution in [0.2, 0.25) is 0 Å². The van der Waals surface area contributed by atoms with Crippen LogP contribution in [0.15, 0.2) is 35.3 Å². The van der Waals surface area contributed by atoms with Gasteiger partial charge in [-0.05, 0) is 38.8 Å². The normalized spacial score (nSPS) is 20.3. The fraction of sp³-hybridized carbons (Fsp3) is 0.600. The largest absolute Gasteiger partial charge is 0.357 e. The number of likely N-dealkylation sites (tertiary alicyclic amines) is 1. The van der Waals surface area contributed by atoms with Gasteiger partial charge in [0, 0.05) is 43.8 Å². The molecule has 27 heavy (non-hydrogen) atoms. The van der Waals surface area contributed by atoms with Crippen LogP contribution in [0.4, 0.5) is 0 Å². The molecule has 1 aromatic carbocycles. The Balaban J connectivity index is 0.00000364. The van der Waals surface area contributed by atoms with E-state index in [0.717, 1.165) is 25.6 Å². The lowest BCUT2D eigenvalue weighted by atomic mass is 10.1. The molecule has 1 heterocycles. The van der Waals surface area contributed by atoms with Crippen LogP contribution in [0.1, 0.15) is 38.1 Å². The lowest BCUT2D eigenvalue weighted by Gasteiger charge is -2.22. The molecule has 0 aromatic heterocycles. The Morgan fingerprint density at radius 3 is 2.52 bits per heavy atom. The van der Waals surface area contributed by atoms with Gasteiger partial charge in [0.2, 0.25) is 0 Å². The number of hydrogen-bond donors (Lipinski definition) is 3. The van der Waals surface area contributed by atoms with E-state index in [2.05, 4.69) is 53.5 Å². The van der Waals surface area contributed by atoms with Crippen LogP contribution in [-0.2, 0) is 0 Å². The highest BCUT2D eigenvalue weighted by molar-refractivity contribution is 14.0. The standard InChI is InChI=1S/C20H33N5O.HI/c1-5-21-20(24-18-14-25(15(2)3)13-16(18)4)23-12-11-22-19(26)17-9-7-6-8-10-17;/h6-10,15-16,18H,5,11-14H2,1-4H3,(H,22,26)(H2,21,23,24);1H. The van der Waals surface area contributed by atoms with E-state index in [4.69, 9.17) is 0 Å². The van der Waals surface area contributed by atoms with Crippen molar-refractivity contribution in [3.8, 4) is 0 Å². The molecule has 2 unspecified atom stereocenters. The molecule has 0 radical (unpaired) electrons. The van der Waals surface area contributed by atoms with Crippen molar-refractivity contribution in [3.63, 3.8) is 0 Å². The van der Waals surface area contributed by atoms with E-state index in [1.165, 1.54) is 0 Å². The first-order valence-electron chi connectivity index (χ1n) is 9.63. The van der Waals surface area contributed by atoms with E-state index < -0.39 is 0 Å². The number of nitrogens with one attached hydrogen (secondary N) is 3. The van der Waals surface area contributed by atoms with Crippen molar-refractivity contribution in [2.75, 3.05) is 32.7 Å². The van der Waals surface area contributed by atoms with Crippen LogP contribution >= 0.6 is 24.0 Å². The quantitative estimate of drug-likeness (QED) is 0.239. The van der Waals surface area contributed by atoms with Crippen molar-refractivity contribution in [1.29, 1.82) is 0 Å². The molecule has 1 aromatic rings. The van der Waals surface area contributed by atoms with Crippen molar-refractivity contribution in [2.24, 2.45) is 10.9 Å². The van der Waals surface area contributed by atoms with Crippen LogP contribution in [0.3, 0.4) is 0 Å². The van der Waals surface area contributed by atoms with Gasteiger partial charge in [0.05, 0.1) is 6.54 Å². The van der Waals surface area contributed by atoms with Gasteiger partial charge in [-0.2, -0.15) is 0 Å². The SMILES string of the molecule is CCNC(=NCCNC(=O)c1ccccc1)NC1CN(C(C)C)CC1C.I. The highest BCUT2D eigenvalue weighted by Gasteiger charge is 2.31. The number of guanidine groups is 1. The van der Waals surface area contributed by atoms with E-state index in [1.807, 2.05) is 30.3 Å². The summed E-state index contributed by atoms with van der Waals surface area (Å²) < 4.78 is 0. The summed E-state index contributed by atoms with van der Waals surface area (Å²) in [6.45, 7) is 12.9. The van der Waals surface area contributed by atoms with Crippen molar-refractivity contribution in [3.05, 3.63) is 35.9 Å². The van der Waals surface area contributed by atoms with Gasteiger partial charge in [0.15, 0.2) is 5.96 Å². The second-order valence-corrected chi connectivity index (χ2v) is 7.16. The number of benzene rings is 1. The highest BCUT2D eigenvalue weighted by Crippen LogP contribution is 2.18. The summed E-state index contributed by atoms with van der Waals surface area (Å²) in [5.41, 5.74) is 0.676. The smallest absolute Gasteiger partial charge is 0.251 e. The molecule has 2 atom stereocenters. The molecule has 0 aliphatic carbocycles. The van der Waals surface area contributed by atoms with Crippen molar-refractivity contribution in [2.45, 2.75) is 39.8 Å². The molecule has 1 amide bonds. The zero-order chi connectivity index (χ0) is 18.9. The average molecular weight is 487 g/mol. The van der Waals surface area contributed by atoms with Crippen molar-refractivity contribution in [1.82, 2.24) is 20.9 Å². The van der Waals surface area contributed by atoms with Gasteiger partial charge in [0.1, 0.15) is 0 Å². The first-order valence-corrected chi connectivity index (χ1v) is 9.63. The third kappa shape index (κ3) is 7.65. The number of carbonyl (C=O) groups is 1. The van der Waals surface area contributed by atoms with E-state index in [0.29, 0.717) is 36.7 Å². The lowest BCUT2D eigenvalue weighted by Crippen LogP contribution is -2.47. The molecule has 0 spiro atoms. The Morgan fingerprint density at radius 1 is 1.22 bits per heavy atom. The first kappa shape index (κ1) is 23.7. The molecular formula is C20H34IN5O. The van der Waals surface area contributed by atoms with Gasteiger partial charge >= 0.3 is 0 Å². The zero-order valence-corrected chi connectivity index (χ0v) is 19.2. The Bertz CT molecular complexity index is 593. The molecule has 152 valence electrons. The van der Waals surface area contributed by atoms with E-state index >= 15 is 0 Å². The molecule has 7 heteroatoms. The second kappa shape index (κ2) is 12.2. The van der Waals surface area contributed by atoms with Gasteiger partial charge in [0.25, 0.3) is 5.91 Å². The number of aliphatic imine (C=N–C) groups is 1. The number of amides is 1. The molecule has 1 fully saturated rings. The summed E-state index contributed by atoms with van der Waals surface area (Å²) >= 11 is 0. The predicted molar refractivity (Wildman–Crippen MR) is 123 cm³/mol. The average Bonchev–Trinajstić information content (AvgIpc) is 3.00. The number of nitrogens with zero attached hydrogens (tertiary/aromatic N) is 2. The summed E-state index contributed by atoms with van der Waals surface area (Å²) in [6.07, 6.45) is 0. The van der Waals surface area contributed by atoms with Crippen LogP contribution in [0.25, 0.3) is 0 Å². The minimum atomic E-state index is -0.0595. The molecule has 1 saturated heterocycles. The van der Waals surface area contributed by atoms with Crippen molar-refractivity contribution < 1.29 is 4.79 Å². The second-order valence-electron chi connectivity index (χ2n) is 7.16. The third-order valence-electron chi connectivity index (χ3n) is 4.74. The van der Waals surface area contributed by atoms with Crippen LogP contribution in [-0.4, -0.2) is 61.6 Å². The third-order valence-corrected chi connectivity index (χ3v) is 4.74. The Labute approximate surface area is 180 Å². The summed E-state index contributed by atoms with van der Waals surface area (Å²) in [5, 5.41) is 9.77. The minimum Gasteiger partial charge on any atom is -0.357 e. The lowest BCUT2D eigenvalue weighted by molar-refractivity contribution is 0.0955. The first-order chi connectivity index (χ1) is 12.5. The van der Waals surface area contributed by atoms with Gasteiger partial charge in [-0.1, -0.05) is 25.1 Å². The fourth-order valence-electron chi connectivity index (χ4n) is 3.14. The summed E-state index contributed by atoms with van der Waals surface area (Å²) in [4.78, 5) is 19.1. The van der Waals surface area contributed by atoms with Crippen molar-refractivity contribution >= 4 is 35.8 Å². The monoisotopic (exact) mass is 487 g/mol. The van der Waals surface area contributed by atoms with Crippen LogP contribution in [0, 0.1) is 5.92 Å². The summed E-state index contributed by atoms with van der Waals surface area (Å²) in [6, 6.07) is 10.2. The summed E-state index contributed by atoms with van der Waals surface area (Å²) in [7, 11) is 0. The van der Waals surface area contributed by atoms with Crippen LogP contribution < -0.4 is 16.0 Å². The van der Waals surface area contributed by atoms with E-state index in [9.17, 15) is 4.79 Å². The Kier molecular flexibility index (Phi) is 10.7. The number of hydrogen-bond acceptors (Lipinski definition) is 3. The molecule has 0 saturated carbocycles. The minimum absolute atomic E-state index is 0. The maximum absolute atomic E-state index is 12.0. The molecule has 3 N–H and O–H groups in total. The molecular weight excluding hydrogens is 453 g/mol. The van der Waals surface area contributed by atoms with Gasteiger partial charge in [-0.15, -0.1) is 24.0 Å². The maximum atomic E-state index is 12.0. The van der Waals surface area contributed by atoms with Gasteiger partial charge < -0.3 is 16.0 Å². The molecule has 2 rings (SSSR count). The molecule has 1 aliphatic heterocycles. The molecule has 1 aliphatic rings. The Hall–Kier alpha value is -1.35. The summed E-state index contributed by atoms with van der Waals surface area (Å²) in [5.74, 6) is 1.35. The molecule has 6 nitrogen and oxygen atoms in total. The maximum Gasteiger partial charge on any atom is 0.251 e. The van der Waals surface area contributed by atoms with E-state index in [1.54, 1.807) is 0 Å². The number of carbonyl (C=O) groups excluding carboxylic acids is 1. The van der Waals surface area contributed by atoms with Gasteiger partial charge in [-0.25, -0.2) is 0 Å². The molecule has 0 bridgehead atoms. The van der Waals surface area contributed by atoms with Crippen LogP contribution in [0.5, 0.6) is 0 Å². The zero-order valence-electron chi connectivity index (χ0n) is 16.9. The number of halogens is 1. The number of rotatable bonds is 7. The Morgan fingerprint density at radius 2 is 1.93 bits per heavy atom. The fourth-order valence-corrected chi connectivity index (χ4v) is 3.14. The van der Waals surface area contributed by atoms with Gasteiger partial charge in [-0.3, -0.25) is 14.7 Å². The highest BCUT2D eigenvalue weighted by atomic mass is 127.